The molecule has 0 bridgehead atoms. The summed E-state index contributed by atoms with van der Waals surface area (Å²) >= 11 is 0. The van der Waals surface area contributed by atoms with Gasteiger partial charge < -0.3 is 16.2 Å². The number of ether oxygens (including phenoxy) is 1. The van der Waals surface area contributed by atoms with Crippen molar-refractivity contribution in [1.29, 1.82) is 0 Å². The molecular formula is C11H13F3N2O2. The second-order valence-electron chi connectivity index (χ2n) is 3.59. The summed E-state index contributed by atoms with van der Waals surface area (Å²) in [7, 11) is 0. The number of primary amides is 1. The average Bonchev–Trinajstić information content (AvgIpc) is 2.27. The van der Waals surface area contributed by atoms with E-state index in [1.54, 1.807) is 0 Å². The van der Waals surface area contributed by atoms with E-state index in [-0.39, 0.29) is 17.9 Å². The van der Waals surface area contributed by atoms with Crippen molar-refractivity contribution in [3.05, 3.63) is 29.8 Å². The zero-order chi connectivity index (χ0) is 13.8. The zero-order valence-corrected chi connectivity index (χ0v) is 9.41. The van der Waals surface area contributed by atoms with Gasteiger partial charge in [-0.1, -0.05) is 12.1 Å². The highest BCUT2D eigenvalue weighted by Crippen LogP contribution is 2.28. The molecule has 4 N–H and O–H groups in total. The molecule has 1 rings (SSSR count). The third-order valence-corrected chi connectivity index (χ3v) is 2.22. The van der Waals surface area contributed by atoms with Crippen LogP contribution in [0.2, 0.25) is 0 Å². The number of nitrogens with two attached hydrogens (primary N) is 2. The molecule has 0 aliphatic heterocycles. The monoisotopic (exact) mass is 262 g/mol. The molecule has 0 aromatic heterocycles. The third kappa shape index (κ3) is 3.63. The van der Waals surface area contributed by atoms with Crippen LogP contribution in [-0.2, 0) is 0 Å². The Kier molecular flexibility index (Phi) is 4.55. The van der Waals surface area contributed by atoms with Gasteiger partial charge in [0.1, 0.15) is 5.75 Å². The fourth-order valence-electron chi connectivity index (χ4n) is 1.37. The van der Waals surface area contributed by atoms with Gasteiger partial charge in [-0.15, -0.1) is 0 Å². The van der Waals surface area contributed by atoms with Crippen LogP contribution in [0.15, 0.2) is 24.3 Å². The van der Waals surface area contributed by atoms with Crippen LogP contribution in [0.3, 0.4) is 0 Å². The first-order chi connectivity index (χ1) is 8.36. The Balaban J connectivity index is 2.97. The lowest BCUT2D eigenvalue weighted by molar-refractivity contribution is -0.196. The van der Waals surface area contributed by atoms with Crippen molar-refractivity contribution in [2.75, 3.05) is 6.54 Å². The summed E-state index contributed by atoms with van der Waals surface area (Å²) in [5, 5.41) is 0. The van der Waals surface area contributed by atoms with Gasteiger partial charge >= 0.3 is 6.18 Å². The topological polar surface area (TPSA) is 78.3 Å². The van der Waals surface area contributed by atoms with Gasteiger partial charge in [-0.2, -0.15) is 13.2 Å². The standard InChI is InChI=1S/C11H13F3N2O2/c12-11(13,14)9(5-6-15)18-8-4-2-1-3-7(8)10(16)17/h1-4,9H,5-6,15H2,(H2,16,17). The molecule has 0 spiro atoms. The quantitative estimate of drug-likeness (QED) is 0.842. The fraction of sp³-hybridized carbons (Fsp3) is 0.364. The van der Waals surface area contributed by atoms with Crippen molar-refractivity contribution in [2.24, 2.45) is 11.5 Å². The summed E-state index contributed by atoms with van der Waals surface area (Å²) in [6.07, 6.45) is -7.00. The molecule has 1 amide bonds. The van der Waals surface area contributed by atoms with Crippen LogP contribution in [0.4, 0.5) is 13.2 Å². The second kappa shape index (κ2) is 5.72. The van der Waals surface area contributed by atoms with E-state index >= 15 is 0 Å². The first-order valence-corrected chi connectivity index (χ1v) is 5.18. The van der Waals surface area contributed by atoms with Gasteiger partial charge in [0.2, 0.25) is 0 Å². The Morgan fingerprint density at radius 1 is 1.33 bits per heavy atom. The summed E-state index contributed by atoms with van der Waals surface area (Å²) in [6.45, 7) is -0.178. The number of alkyl halides is 3. The zero-order valence-electron chi connectivity index (χ0n) is 9.41. The highest BCUT2D eigenvalue weighted by molar-refractivity contribution is 5.95. The van der Waals surface area contributed by atoms with Crippen LogP contribution in [-0.4, -0.2) is 24.7 Å². The molecule has 4 nitrogen and oxygen atoms in total. The molecule has 1 unspecified atom stereocenters. The van der Waals surface area contributed by atoms with Crippen LogP contribution >= 0.6 is 0 Å². The van der Waals surface area contributed by atoms with Gasteiger partial charge in [-0.05, 0) is 18.7 Å². The lowest BCUT2D eigenvalue weighted by atomic mass is 10.2. The molecule has 0 radical (unpaired) electrons. The van der Waals surface area contributed by atoms with E-state index in [1.807, 2.05) is 0 Å². The van der Waals surface area contributed by atoms with Gasteiger partial charge in [0, 0.05) is 6.42 Å². The smallest absolute Gasteiger partial charge is 0.425 e. The van der Waals surface area contributed by atoms with Crippen molar-refractivity contribution in [3.63, 3.8) is 0 Å². The molecule has 0 saturated heterocycles. The predicted octanol–water partition coefficient (Wildman–Crippen LogP) is 1.44. The molecule has 0 aliphatic rings. The van der Waals surface area contributed by atoms with Gasteiger partial charge in [-0.25, -0.2) is 0 Å². The molecule has 1 aromatic carbocycles. The van der Waals surface area contributed by atoms with Crippen LogP contribution in [0.5, 0.6) is 5.75 Å². The minimum Gasteiger partial charge on any atom is -0.480 e. The summed E-state index contributed by atoms with van der Waals surface area (Å²) in [6, 6.07) is 5.50. The van der Waals surface area contributed by atoms with E-state index < -0.39 is 24.6 Å². The number of para-hydroxylation sites is 1. The lowest BCUT2D eigenvalue weighted by Crippen LogP contribution is -2.36. The van der Waals surface area contributed by atoms with Crippen LogP contribution in [0.1, 0.15) is 16.8 Å². The predicted molar refractivity (Wildman–Crippen MR) is 59.1 cm³/mol. The SMILES string of the molecule is NCCC(Oc1ccccc1C(N)=O)C(F)(F)F. The maximum atomic E-state index is 12.6. The molecule has 18 heavy (non-hydrogen) atoms. The third-order valence-electron chi connectivity index (χ3n) is 2.22. The van der Waals surface area contributed by atoms with Crippen molar-refractivity contribution in [1.82, 2.24) is 0 Å². The number of halogens is 3. The summed E-state index contributed by atoms with van der Waals surface area (Å²) in [5.41, 5.74) is 10.1. The van der Waals surface area contributed by atoms with Crippen molar-refractivity contribution in [2.45, 2.75) is 18.7 Å². The number of carbonyl (C=O) groups excluding carboxylic acids is 1. The number of hydrogen-bond acceptors (Lipinski definition) is 3. The minimum atomic E-state index is -4.55. The maximum absolute atomic E-state index is 12.6. The molecule has 0 fully saturated rings. The van der Waals surface area contributed by atoms with Gasteiger partial charge in [0.25, 0.3) is 5.91 Å². The molecule has 1 atom stereocenters. The Morgan fingerprint density at radius 3 is 2.44 bits per heavy atom. The molecule has 100 valence electrons. The maximum Gasteiger partial charge on any atom is 0.425 e. The average molecular weight is 262 g/mol. The number of benzene rings is 1. The fourth-order valence-corrected chi connectivity index (χ4v) is 1.37. The molecule has 1 aromatic rings. The largest absolute Gasteiger partial charge is 0.480 e. The molecule has 7 heteroatoms. The van der Waals surface area contributed by atoms with E-state index in [0.717, 1.165) is 0 Å². The van der Waals surface area contributed by atoms with Gasteiger partial charge in [-0.3, -0.25) is 4.79 Å². The van der Waals surface area contributed by atoms with Crippen LogP contribution < -0.4 is 16.2 Å². The van der Waals surface area contributed by atoms with Crippen LogP contribution in [0.25, 0.3) is 0 Å². The summed E-state index contributed by atoms with van der Waals surface area (Å²) in [5.74, 6) is -1.04. The van der Waals surface area contributed by atoms with Gasteiger partial charge in [0.15, 0.2) is 6.10 Å². The van der Waals surface area contributed by atoms with E-state index in [9.17, 15) is 18.0 Å². The first kappa shape index (κ1) is 14.3. The van der Waals surface area contributed by atoms with E-state index in [1.165, 1.54) is 24.3 Å². The van der Waals surface area contributed by atoms with E-state index in [2.05, 4.69) is 0 Å². The highest BCUT2D eigenvalue weighted by atomic mass is 19.4. The molecule has 0 heterocycles. The van der Waals surface area contributed by atoms with Crippen LogP contribution in [0, 0.1) is 0 Å². The normalized spacial score (nSPS) is 13.1. The van der Waals surface area contributed by atoms with E-state index in [0.29, 0.717) is 0 Å². The Hall–Kier alpha value is -1.76. The van der Waals surface area contributed by atoms with Crippen molar-refractivity contribution >= 4 is 5.91 Å². The highest BCUT2D eigenvalue weighted by Gasteiger charge is 2.41. The number of amides is 1. The van der Waals surface area contributed by atoms with Crippen molar-refractivity contribution < 1.29 is 22.7 Å². The Morgan fingerprint density at radius 2 is 1.94 bits per heavy atom. The Labute approximate surface area is 102 Å². The van der Waals surface area contributed by atoms with Gasteiger partial charge in [0.05, 0.1) is 5.56 Å². The summed E-state index contributed by atoms with van der Waals surface area (Å²) in [4.78, 5) is 11.0. The first-order valence-electron chi connectivity index (χ1n) is 5.18. The molecule has 0 aliphatic carbocycles. The number of carbonyl (C=O) groups is 1. The lowest BCUT2D eigenvalue weighted by Gasteiger charge is -2.22. The van der Waals surface area contributed by atoms with E-state index in [4.69, 9.17) is 16.2 Å². The summed E-state index contributed by atoms with van der Waals surface area (Å²) < 4.78 is 42.7. The second-order valence-corrected chi connectivity index (χ2v) is 3.59. The number of hydrogen-bond donors (Lipinski definition) is 2. The molecule has 0 saturated carbocycles. The Bertz CT molecular complexity index is 421. The minimum absolute atomic E-state index is 0.0937. The molecular weight excluding hydrogens is 249 g/mol. The number of rotatable bonds is 5. The van der Waals surface area contributed by atoms with Crippen molar-refractivity contribution in [3.8, 4) is 5.75 Å².